The maximum absolute atomic E-state index is 12.6. The number of nitrogens with zero attached hydrogens (tertiary/aromatic N) is 3. The van der Waals surface area contributed by atoms with Crippen molar-refractivity contribution < 1.29 is 14.3 Å². The molecule has 1 N–H and O–H groups in total. The smallest absolute Gasteiger partial charge is 0.271 e. The number of halogens is 1. The van der Waals surface area contributed by atoms with E-state index in [-0.39, 0.29) is 5.91 Å². The normalized spacial score (nSPS) is 13.9. The molecule has 0 radical (unpaired) electrons. The monoisotopic (exact) mass is 562 g/mol. The molecule has 0 atom stereocenters. The fraction of sp³-hybridized carbons (Fsp3) is 0.241. The van der Waals surface area contributed by atoms with Gasteiger partial charge in [0.1, 0.15) is 6.61 Å². The van der Waals surface area contributed by atoms with Crippen LogP contribution in [0.3, 0.4) is 0 Å². The van der Waals surface area contributed by atoms with E-state index in [2.05, 4.69) is 67.1 Å². The molecule has 1 amide bonds. The summed E-state index contributed by atoms with van der Waals surface area (Å²) in [7, 11) is 1.57. The molecule has 8 heteroatoms. The zero-order valence-corrected chi connectivity index (χ0v) is 22.5. The molecular formula is C29H31BrN4O3. The lowest BCUT2D eigenvalue weighted by molar-refractivity contribution is 0.0955. The number of anilines is 1. The van der Waals surface area contributed by atoms with Crippen molar-refractivity contribution in [2.45, 2.75) is 6.54 Å². The number of para-hydroxylation sites is 1. The van der Waals surface area contributed by atoms with Gasteiger partial charge in [0.25, 0.3) is 5.91 Å². The van der Waals surface area contributed by atoms with Crippen LogP contribution in [0, 0.1) is 0 Å². The number of hydrazone groups is 1. The maximum Gasteiger partial charge on any atom is 0.271 e. The Bertz CT molecular complexity index is 1220. The van der Waals surface area contributed by atoms with Gasteiger partial charge in [-0.1, -0.05) is 43.0 Å². The Kier molecular flexibility index (Phi) is 9.35. The molecule has 0 aromatic heterocycles. The topological polar surface area (TPSA) is 66.4 Å². The highest BCUT2D eigenvalue weighted by Crippen LogP contribution is 2.36. The zero-order valence-electron chi connectivity index (χ0n) is 20.9. The Hall–Kier alpha value is -3.62. The Morgan fingerprint density at radius 2 is 1.81 bits per heavy atom. The fourth-order valence-electron chi connectivity index (χ4n) is 4.15. The average molecular weight is 563 g/mol. The minimum atomic E-state index is -0.267. The van der Waals surface area contributed by atoms with E-state index in [0.717, 1.165) is 42.8 Å². The third-order valence-corrected chi connectivity index (χ3v) is 6.68. The van der Waals surface area contributed by atoms with Crippen LogP contribution in [0.5, 0.6) is 11.5 Å². The van der Waals surface area contributed by atoms with Crippen LogP contribution in [0.1, 0.15) is 21.5 Å². The lowest BCUT2D eigenvalue weighted by Gasteiger charge is -2.36. The number of hydrogen-bond acceptors (Lipinski definition) is 6. The Labute approximate surface area is 226 Å². The van der Waals surface area contributed by atoms with E-state index in [4.69, 9.17) is 9.47 Å². The van der Waals surface area contributed by atoms with Crippen LogP contribution in [-0.2, 0) is 6.54 Å². The largest absolute Gasteiger partial charge is 0.493 e. The van der Waals surface area contributed by atoms with Crippen LogP contribution in [-0.4, -0.2) is 56.9 Å². The first-order valence-electron chi connectivity index (χ1n) is 12.1. The number of amides is 1. The molecule has 0 unspecified atom stereocenters. The van der Waals surface area contributed by atoms with Crippen molar-refractivity contribution in [2.24, 2.45) is 5.10 Å². The molecule has 0 spiro atoms. The lowest BCUT2D eigenvalue weighted by Crippen LogP contribution is -2.45. The van der Waals surface area contributed by atoms with E-state index in [1.54, 1.807) is 25.5 Å². The Balaban J connectivity index is 1.28. The first kappa shape index (κ1) is 26.4. The van der Waals surface area contributed by atoms with Crippen molar-refractivity contribution in [1.82, 2.24) is 10.3 Å². The maximum atomic E-state index is 12.6. The van der Waals surface area contributed by atoms with Crippen LogP contribution in [0.15, 0.2) is 89.0 Å². The molecule has 1 fully saturated rings. The number of carbonyl (C=O) groups excluding carboxylic acids is 1. The SMILES string of the molecule is C=CCOc1c(Br)cc(/C=N/NC(=O)c2ccc(CN3CCN(c4ccccc4)CC3)cc2)cc1OC. The minimum absolute atomic E-state index is 0.267. The number of nitrogens with one attached hydrogen (secondary N) is 1. The second-order valence-corrected chi connectivity index (χ2v) is 9.48. The van der Waals surface area contributed by atoms with E-state index < -0.39 is 0 Å². The minimum Gasteiger partial charge on any atom is -0.493 e. The molecule has 1 aliphatic rings. The summed E-state index contributed by atoms with van der Waals surface area (Å²) in [6.07, 6.45) is 3.22. The van der Waals surface area contributed by atoms with E-state index in [1.165, 1.54) is 11.3 Å². The zero-order chi connectivity index (χ0) is 26.0. The van der Waals surface area contributed by atoms with Gasteiger partial charge in [0.15, 0.2) is 11.5 Å². The van der Waals surface area contributed by atoms with Crippen LogP contribution in [0.25, 0.3) is 0 Å². The molecule has 3 aromatic rings. The van der Waals surface area contributed by atoms with Crippen molar-refractivity contribution in [3.63, 3.8) is 0 Å². The van der Waals surface area contributed by atoms with Gasteiger partial charge in [0.05, 0.1) is 17.8 Å². The van der Waals surface area contributed by atoms with Gasteiger partial charge < -0.3 is 14.4 Å². The summed E-state index contributed by atoms with van der Waals surface area (Å²) in [4.78, 5) is 17.4. The molecule has 0 saturated carbocycles. The second kappa shape index (κ2) is 13.1. The van der Waals surface area contributed by atoms with Gasteiger partial charge in [0, 0.05) is 44.0 Å². The summed E-state index contributed by atoms with van der Waals surface area (Å²) in [6, 6.07) is 21.9. The van der Waals surface area contributed by atoms with Crippen LogP contribution in [0.2, 0.25) is 0 Å². The predicted molar refractivity (Wildman–Crippen MR) is 152 cm³/mol. The Morgan fingerprint density at radius 1 is 1.08 bits per heavy atom. The van der Waals surface area contributed by atoms with Gasteiger partial charge in [0.2, 0.25) is 0 Å². The van der Waals surface area contributed by atoms with E-state index in [0.29, 0.717) is 23.7 Å². The number of hydrogen-bond donors (Lipinski definition) is 1. The third-order valence-electron chi connectivity index (χ3n) is 6.09. The van der Waals surface area contributed by atoms with Gasteiger partial charge in [-0.05, 0) is 63.5 Å². The second-order valence-electron chi connectivity index (χ2n) is 8.63. The van der Waals surface area contributed by atoms with Crippen molar-refractivity contribution in [2.75, 3.05) is 44.8 Å². The van der Waals surface area contributed by atoms with Crippen molar-refractivity contribution in [1.29, 1.82) is 0 Å². The molecule has 1 heterocycles. The van der Waals surface area contributed by atoms with Crippen molar-refractivity contribution in [3.8, 4) is 11.5 Å². The summed E-state index contributed by atoms with van der Waals surface area (Å²) in [6.45, 7) is 8.92. The summed E-state index contributed by atoms with van der Waals surface area (Å²) < 4.78 is 11.8. The highest BCUT2D eigenvalue weighted by molar-refractivity contribution is 9.10. The van der Waals surface area contributed by atoms with Gasteiger partial charge in [-0.2, -0.15) is 5.10 Å². The van der Waals surface area contributed by atoms with Crippen LogP contribution >= 0.6 is 15.9 Å². The summed E-state index contributed by atoms with van der Waals surface area (Å²) in [5.74, 6) is 0.874. The molecule has 4 rings (SSSR count). The number of piperazine rings is 1. The van der Waals surface area contributed by atoms with E-state index in [1.807, 2.05) is 36.4 Å². The summed E-state index contributed by atoms with van der Waals surface area (Å²) in [5.41, 5.74) is 6.36. The summed E-state index contributed by atoms with van der Waals surface area (Å²) in [5, 5.41) is 4.10. The predicted octanol–water partition coefficient (Wildman–Crippen LogP) is 5.11. The van der Waals surface area contributed by atoms with E-state index >= 15 is 0 Å². The molecule has 1 saturated heterocycles. The summed E-state index contributed by atoms with van der Waals surface area (Å²) >= 11 is 3.49. The average Bonchev–Trinajstić information content (AvgIpc) is 2.93. The first-order chi connectivity index (χ1) is 18.1. The standard InChI is InChI=1S/C29H31BrN4O3/c1-3-17-37-28-26(30)18-23(19-27(28)36-2)20-31-32-29(35)24-11-9-22(10-12-24)21-33-13-15-34(16-14-33)25-7-5-4-6-8-25/h3-12,18-20H,1,13-17,21H2,2H3,(H,32,35)/b31-20+. The van der Waals surface area contributed by atoms with Gasteiger partial charge >= 0.3 is 0 Å². The molecule has 3 aromatic carbocycles. The highest BCUT2D eigenvalue weighted by Gasteiger charge is 2.17. The van der Waals surface area contributed by atoms with Crippen molar-refractivity contribution in [3.05, 3.63) is 101 Å². The van der Waals surface area contributed by atoms with Gasteiger partial charge in [-0.3, -0.25) is 9.69 Å². The fourth-order valence-corrected chi connectivity index (χ4v) is 4.72. The molecule has 0 aliphatic carbocycles. The molecule has 1 aliphatic heterocycles. The first-order valence-corrected chi connectivity index (χ1v) is 12.9. The van der Waals surface area contributed by atoms with Crippen LogP contribution < -0.4 is 19.8 Å². The molecule has 37 heavy (non-hydrogen) atoms. The molecule has 0 bridgehead atoms. The number of carbonyl (C=O) groups is 1. The molecular weight excluding hydrogens is 532 g/mol. The van der Waals surface area contributed by atoms with E-state index in [9.17, 15) is 4.79 Å². The lowest BCUT2D eigenvalue weighted by atomic mass is 10.1. The highest BCUT2D eigenvalue weighted by atomic mass is 79.9. The Morgan fingerprint density at radius 3 is 2.49 bits per heavy atom. The van der Waals surface area contributed by atoms with Crippen LogP contribution in [0.4, 0.5) is 5.69 Å². The quantitative estimate of drug-likeness (QED) is 0.211. The number of benzene rings is 3. The number of rotatable bonds is 10. The molecule has 192 valence electrons. The molecule has 7 nitrogen and oxygen atoms in total. The number of ether oxygens (including phenoxy) is 2. The third kappa shape index (κ3) is 7.21. The van der Waals surface area contributed by atoms with Gasteiger partial charge in [-0.15, -0.1) is 0 Å². The van der Waals surface area contributed by atoms with Crippen molar-refractivity contribution >= 4 is 33.7 Å². The number of methoxy groups -OCH3 is 1. The van der Waals surface area contributed by atoms with Gasteiger partial charge in [-0.25, -0.2) is 5.43 Å².